The summed E-state index contributed by atoms with van der Waals surface area (Å²) in [6.07, 6.45) is 4.91. The molecule has 1 atom stereocenters. The third-order valence-corrected chi connectivity index (χ3v) is 7.32. The van der Waals surface area contributed by atoms with Crippen molar-refractivity contribution in [2.75, 3.05) is 25.0 Å². The van der Waals surface area contributed by atoms with E-state index in [1.165, 1.54) is 11.3 Å². The van der Waals surface area contributed by atoms with Crippen molar-refractivity contribution in [2.45, 2.75) is 45.5 Å². The Morgan fingerprint density at radius 2 is 2.00 bits per heavy atom. The molecule has 1 aliphatic rings. The van der Waals surface area contributed by atoms with Gasteiger partial charge in [-0.3, -0.25) is 15.2 Å². The summed E-state index contributed by atoms with van der Waals surface area (Å²) in [5.74, 6) is 0.330. The first-order valence-corrected chi connectivity index (χ1v) is 13.4. The first kappa shape index (κ1) is 26.1. The van der Waals surface area contributed by atoms with Gasteiger partial charge in [-0.05, 0) is 62.6 Å². The lowest BCUT2D eigenvalue weighted by atomic mass is 10.0. The third-order valence-electron chi connectivity index (χ3n) is 6.30. The van der Waals surface area contributed by atoms with Crippen molar-refractivity contribution in [3.8, 4) is 22.4 Å². The highest BCUT2D eigenvalue weighted by atomic mass is 32.1. The Kier molecular flexibility index (Phi) is 7.33. The number of pyridine rings is 1. The number of hydrogen-bond acceptors (Lipinski definition) is 8. The fourth-order valence-corrected chi connectivity index (χ4v) is 5.41. The van der Waals surface area contributed by atoms with E-state index in [2.05, 4.69) is 35.5 Å². The molecule has 0 radical (unpaired) electrons. The van der Waals surface area contributed by atoms with Gasteiger partial charge >= 0.3 is 6.03 Å². The Morgan fingerprint density at radius 3 is 2.68 bits per heavy atom. The van der Waals surface area contributed by atoms with E-state index < -0.39 is 11.8 Å². The minimum Gasteiger partial charge on any atom is -0.382 e. The number of amides is 2. The number of nitrogens with one attached hydrogen (secondary N) is 2. The third kappa shape index (κ3) is 5.79. The van der Waals surface area contributed by atoms with E-state index in [1.807, 2.05) is 31.2 Å². The highest BCUT2D eigenvalue weighted by Gasteiger charge is 2.23. The molecule has 0 aliphatic carbocycles. The summed E-state index contributed by atoms with van der Waals surface area (Å²) in [5.41, 5.74) is 3.80. The van der Waals surface area contributed by atoms with Gasteiger partial charge in [-0.15, -0.1) is 0 Å². The van der Waals surface area contributed by atoms with Crippen LogP contribution in [0.3, 0.4) is 0 Å². The van der Waals surface area contributed by atoms with E-state index in [1.54, 1.807) is 32.4 Å². The van der Waals surface area contributed by atoms with E-state index in [9.17, 15) is 14.3 Å². The number of benzene rings is 1. The van der Waals surface area contributed by atoms with E-state index in [0.29, 0.717) is 42.5 Å². The number of carbonyl (C=O) groups is 1. The Labute approximate surface area is 224 Å². The number of rotatable bonds is 7. The number of urea groups is 1. The van der Waals surface area contributed by atoms with Crippen LogP contribution < -0.4 is 10.6 Å². The van der Waals surface area contributed by atoms with Crippen LogP contribution >= 0.6 is 11.3 Å². The van der Waals surface area contributed by atoms with Crippen molar-refractivity contribution in [2.24, 2.45) is 0 Å². The van der Waals surface area contributed by atoms with Crippen LogP contribution in [-0.2, 0) is 12.1 Å². The molecule has 38 heavy (non-hydrogen) atoms. The maximum absolute atomic E-state index is 13.7. The lowest BCUT2D eigenvalue weighted by Crippen LogP contribution is -2.28. The van der Waals surface area contributed by atoms with Crippen LogP contribution in [0.15, 0.2) is 42.9 Å². The van der Waals surface area contributed by atoms with Gasteiger partial charge in [0, 0.05) is 55.9 Å². The van der Waals surface area contributed by atoms with Crippen LogP contribution in [0.4, 0.5) is 14.3 Å². The van der Waals surface area contributed by atoms with Gasteiger partial charge < -0.3 is 10.4 Å². The molecule has 5 rings (SSSR count). The van der Waals surface area contributed by atoms with Gasteiger partial charge in [0.15, 0.2) is 11.0 Å². The number of alkyl halides is 1. The van der Waals surface area contributed by atoms with Crippen LogP contribution in [0, 0.1) is 0 Å². The molecule has 0 unspecified atom stereocenters. The van der Waals surface area contributed by atoms with Crippen LogP contribution in [0.1, 0.15) is 38.6 Å². The predicted molar refractivity (Wildman–Crippen MR) is 147 cm³/mol. The average molecular weight is 536 g/mol. The summed E-state index contributed by atoms with van der Waals surface area (Å²) in [6, 6.07) is 7.60. The average Bonchev–Trinajstić information content (AvgIpc) is 3.48. The summed E-state index contributed by atoms with van der Waals surface area (Å²) in [6.45, 7) is 7.46. The number of aromatic nitrogens is 4. The van der Waals surface area contributed by atoms with Crippen molar-refractivity contribution >= 4 is 32.7 Å². The monoisotopic (exact) mass is 535 g/mol. The number of anilines is 1. The number of aliphatic hydroxyl groups is 1. The summed E-state index contributed by atoms with van der Waals surface area (Å²) < 4.78 is 14.6. The molecule has 4 aromatic rings. The molecule has 3 N–H and O–H groups in total. The normalized spacial score (nSPS) is 16.2. The molecule has 2 amide bonds. The number of carbonyl (C=O) groups excluding carboxylic acids is 1. The number of halogens is 1. The molecule has 198 valence electrons. The number of likely N-dealkylation sites (tertiary alicyclic amines) is 1. The molecule has 1 aliphatic heterocycles. The van der Waals surface area contributed by atoms with Crippen molar-refractivity contribution in [1.29, 1.82) is 0 Å². The minimum atomic E-state index is -1.15. The van der Waals surface area contributed by atoms with Gasteiger partial charge in [0.1, 0.15) is 11.8 Å². The molecule has 11 heteroatoms. The fraction of sp³-hybridized carbons (Fsp3) is 0.370. The SMILES string of the molecule is CCNC(=O)Nc1nc2cc(-c3cnc(C(C)(C)O)nc3)cc(-c3cc(CN4CC[C@H](F)C4)ccn3)c2s1. The minimum absolute atomic E-state index is 0.319. The van der Waals surface area contributed by atoms with Gasteiger partial charge in [0.2, 0.25) is 0 Å². The highest BCUT2D eigenvalue weighted by molar-refractivity contribution is 7.22. The Hall–Kier alpha value is -3.54. The lowest BCUT2D eigenvalue weighted by Gasteiger charge is -2.16. The van der Waals surface area contributed by atoms with Crippen molar-refractivity contribution in [3.05, 3.63) is 54.2 Å². The second-order valence-corrected chi connectivity index (χ2v) is 10.9. The van der Waals surface area contributed by atoms with E-state index in [-0.39, 0.29) is 6.03 Å². The zero-order valence-corrected chi connectivity index (χ0v) is 22.3. The summed E-state index contributed by atoms with van der Waals surface area (Å²) >= 11 is 1.37. The zero-order chi connectivity index (χ0) is 26.9. The molecule has 1 fully saturated rings. The molecule has 9 nitrogen and oxygen atoms in total. The number of nitrogens with zero attached hydrogens (tertiary/aromatic N) is 5. The van der Waals surface area contributed by atoms with Crippen molar-refractivity contribution in [3.63, 3.8) is 0 Å². The first-order chi connectivity index (χ1) is 18.2. The van der Waals surface area contributed by atoms with Gasteiger partial charge in [-0.2, -0.15) is 0 Å². The molecular formula is C27H30FN7O2S. The molecule has 0 saturated carbocycles. The van der Waals surface area contributed by atoms with Crippen LogP contribution in [0.2, 0.25) is 0 Å². The Balaban J connectivity index is 1.56. The molecule has 1 aromatic carbocycles. The summed E-state index contributed by atoms with van der Waals surface area (Å²) in [4.78, 5) is 32.3. The van der Waals surface area contributed by atoms with Gasteiger partial charge in [-0.1, -0.05) is 11.3 Å². The van der Waals surface area contributed by atoms with Gasteiger partial charge in [-0.25, -0.2) is 24.1 Å². The van der Waals surface area contributed by atoms with E-state index in [0.717, 1.165) is 39.2 Å². The summed E-state index contributed by atoms with van der Waals surface area (Å²) in [7, 11) is 0. The molecule has 0 spiro atoms. The standard InChI is InChI=1S/C27H30FN7O2S/c1-4-29-25(36)34-26-33-22-11-17(18-12-31-24(32-13-18)27(2,3)37)10-20(23(22)38-26)21-9-16(5-7-30-21)14-35-8-6-19(28)15-35/h5,7,9-13,19,37H,4,6,8,14-15H2,1-3H3,(H2,29,33,34,36)/t19-/m0/s1. The van der Waals surface area contributed by atoms with Gasteiger partial charge in [0.25, 0.3) is 0 Å². The Morgan fingerprint density at radius 1 is 1.21 bits per heavy atom. The second kappa shape index (κ2) is 10.7. The molecule has 0 bridgehead atoms. The predicted octanol–water partition coefficient (Wildman–Crippen LogP) is 4.73. The van der Waals surface area contributed by atoms with Crippen LogP contribution in [-0.4, -0.2) is 61.8 Å². The second-order valence-electron chi connectivity index (χ2n) is 9.90. The van der Waals surface area contributed by atoms with E-state index in [4.69, 9.17) is 0 Å². The summed E-state index contributed by atoms with van der Waals surface area (Å²) in [5, 5.41) is 16.2. The molecule has 1 saturated heterocycles. The Bertz CT molecular complexity index is 1450. The number of fused-ring (bicyclic) bond motifs is 1. The quantitative estimate of drug-likeness (QED) is 0.313. The first-order valence-electron chi connectivity index (χ1n) is 12.6. The van der Waals surface area contributed by atoms with Crippen molar-refractivity contribution < 1.29 is 14.3 Å². The highest BCUT2D eigenvalue weighted by Crippen LogP contribution is 2.38. The zero-order valence-electron chi connectivity index (χ0n) is 21.5. The number of hydrogen-bond donors (Lipinski definition) is 3. The molecular weight excluding hydrogens is 505 g/mol. The maximum Gasteiger partial charge on any atom is 0.321 e. The number of thiazole rings is 1. The fourth-order valence-electron chi connectivity index (χ4n) is 4.45. The van der Waals surface area contributed by atoms with E-state index >= 15 is 0 Å². The molecule has 4 heterocycles. The maximum atomic E-state index is 13.7. The van der Waals surface area contributed by atoms with Gasteiger partial charge in [0.05, 0.1) is 15.9 Å². The molecule has 3 aromatic heterocycles. The lowest BCUT2D eigenvalue weighted by molar-refractivity contribution is 0.0687. The topological polar surface area (TPSA) is 116 Å². The largest absolute Gasteiger partial charge is 0.382 e. The van der Waals surface area contributed by atoms with Crippen molar-refractivity contribution in [1.82, 2.24) is 30.2 Å². The smallest absolute Gasteiger partial charge is 0.321 e. The van der Waals surface area contributed by atoms with Crippen LogP contribution in [0.25, 0.3) is 32.6 Å². The van der Waals surface area contributed by atoms with Crippen LogP contribution in [0.5, 0.6) is 0 Å².